The molecule has 2 nitrogen and oxygen atoms in total. The van der Waals surface area contributed by atoms with Crippen LogP contribution in [0.3, 0.4) is 0 Å². The fourth-order valence-electron chi connectivity index (χ4n) is 2.23. The Kier molecular flexibility index (Phi) is 3.85. The van der Waals surface area contributed by atoms with Crippen molar-refractivity contribution in [1.29, 1.82) is 0 Å². The molecule has 1 aromatic heterocycles. The highest BCUT2D eigenvalue weighted by Gasteiger charge is 2.16. The molecule has 3 heteroatoms. The number of rotatable bonds is 1. The normalized spacial score (nSPS) is 21.9. The van der Waals surface area contributed by atoms with E-state index in [2.05, 4.69) is 45.7 Å². The molecule has 1 unspecified atom stereocenters. The summed E-state index contributed by atoms with van der Waals surface area (Å²) in [7, 11) is 0. The number of hydrogen-bond acceptors (Lipinski definition) is 2. The predicted molar refractivity (Wildman–Crippen MR) is 71.9 cm³/mol. The van der Waals surface area contributed by atoms with Gasteiger partial charge in [-0.25, -0.2) is 4.98 Å². The summed E-state index contributed by atoms with van der Waals surface area (Å²) < 4.78 is 1.13. The smallest absolute Gasteiger partial charge is 0.142 e. The summed E-state index contributed by atoms with van der Waals surface area (Å²) in [5.41, 5.74) is 1.21. The van der Waals surface area contributed by atoms with Gasteiger partial charge in [-0.05, 0) is 59.7 Å². The second kappa shape index (κ2) is 5.17. The van der Waals surface area contributed by atoms with E-state index in [4.69, 9.17) is 0 Å². The summed E-state index contributed by atoms with van der Waals surface area (Å²) in [6, 6.07) is 2.15. The molecular weight excluding hydrogens is 264 g/mol. The van der Waals surface area contributed by atoms with Gasteiger partial charge < -0.3 is 4.90 Å². The molecule has 0 spiro atoms. The van der Waals surface area contributed by atoms with E-state index in [1.807, 2.05) is 6.20 Å². The first-order valence-electron chi connectivity index (χ1n) is 6.04. The zero-order valence-electron chi connectivity index (χ0n) is 10.0. The van der Waals surface area contributed by atoms with Gasteiger partial charge in [0.1, 0.15) is 5.82 Å². The molecular formula is C13H19BrN2. The number of aryl methyl sites for hydroxylation is 1. The lowest BCUT2D eigenvalue weighted by atomic mass is 10.0. The van der Waals surface area contributed by atoms with Crippen molar-refractivity contribution in [3.63, 3.8) is 0 Å². The number of anilines is 1. The Bertz CT molecular complexity index is 365. The molecule has 0 saturated carbocycles. The van der Waals surface area contributed by atoms with Gasteiger partial charge in [0.05, 0.1) is 4.47 Å². The van der Waals surface area contributed by atoms with Crippen LogP contribution >= 0.6 is 15.9 Å². The molecule has 1 aliphatic rings. The van der Waals surface area contributed by atoms with Crippen LogP contribution < -0.4 is 4.90 Å². The topological polar surface area (TPSA) is 16.1 Å². The SMILES string of the molecule is Cc1cnc(N2CCCC(C)CC2)c(Br)c1. The van der Waals surface area contributed by atoms with Gasteiger partial charge in [-0.3, -0.25) is 0 Å². The Hall–Kier alpha value is -0.570. The lowest BCUT2D eigenvalue weighted by Gasteiger charge is -2.22. The number of halogens is 1. The minimum absolute atomic E-state index is 0.856. The van der Waals surface area contributed by atoms with E-state index >= 15 is 0 Å². The lowest BCUT2D eigenvalue weighted by molar-refractivity contribution is 0.521. The van der Waals surface area contributed by atoms with Crippen molar-refractivity contribution in [3.8, 4) is 0 Å². The van der Waals surface area contributed by atoms with Crippen LogP contribution in [0.15, 0.2) is 16.7 Å². The molecule has 0 aliphatic carbocycles. The molecule has 88 valence electrons. The van der Waals surface area contributed by atoms with E-state index in [1.165, 1.54) is 24.8 Å². The summed E-state index contributed by atoms with van der Waals surface area (Å²) >= 11 is 3.62. The average molecular weight is 283 g/mol. The first-order chi connectivity index (χ1) is 7.66. The number of hydrogen-bond donors (Lipinski definition) is 0. The molecule has 0 N–H and O–H groups in total. The Morgan fingerprint density at radius 3 is 2.94 bits per heavy atom. The first-order valence-corrected chi connectivity index (χ1v) is 6.83. The van der Waals surface area contributed by atoms with E-state index in [1.54, 1.807) is 0 Å². The van der Waals surface area contributed by atoms with Gasteiger partial charge in [-0.2, -0.15) is 0 Å². The minimum atomic E-state index is 0.856. The Morgan fingerprint density at radius 1 is 1.38 bits per heavy atom. The second-order valence-electron chi connectivity index (χ2n) is 4.84. The van der Waals surface area contributed by atoms with Gasteiger partial charge in [-0.15, -0.1) is 0 Å². The standard InChI is InChI=1S/C13H19BrN2/c1-10-4-3-6-16(7-5-10)13-12(14)8-11(2)9-15-13/h8-10H,3-7H2,1-2H3. The summed E-state index contributed by atoms with van der Waals surface area (Å²) in [5, 5.41) is 0. The van der Waals surface area contributed by atoms with Crippen molar-refractivity contribution >= 4 is 21.7 Å². The molecule has 1 aromatic rings. The molecule has 1 saturated heterocycles. The quantitative estimate of drug-likeness (QED) is 0.779. The van der Waals surface area contributed by atoms with Crippen LogP contribution in [0.5, 0.6) is 0 Å². The predicted octanol–water partition coefficient (Wildman–Crippen LogP) is 3.78. The molecule has 0 amide bonds. The fourth-order valence-corrected chi connectivity index (χ4v) is 2.95. The highest BCUT2D eigenvalue weighted by atomic mass is 79.9. The third-order valence-corrected chi connectivity index (χ3v) is 3.86. The molecule has 1 atom stereocenters. The van der Waals surface area contributed by atoms with Crippen LogP contribution in [0.1, 0.15) is 31.7 Å². The van der Waals surface area contributed by atoms with Crippen LogP contribution in [-0.4, -0.2) is 18.1 Å². The van der Waals surface area contributed by atoms with Gasteiger partial charge in [-0.1, -0.05) is 6.92 Å². The number of nitrogens with zero attached hydrogens (tertiary/aromatic N) is 2. The number of pyridine rings is 1. The fraction of sp³-hybridized carbons (Fsp3) is 0.615. The van der Waals surface area contributed by atoms with Crippen molar-refractivity contribution in [1.82, 2.24) is 4.98 Å². The maximum atomic E-state index is 4.55. The monoisotopic (exact) mass is 282 g/mol. The molecule has 1 fully saturated rings. The molecule has 2 heterocycles. The van der Waals surface area contributed by atoms with Crippen molar-refractivity contribution < 1.29 is 0 Å². The third-order valence-electron chi connectivity index (χ3n) is 3.27. The molecule has 16 heavy (non-hydrogen) atoms. The van der Waals surface area contributed by atoms with Gasteiger partial charge in [0.15, 0.2) is 0 Å². The summed E-state index contributed by atoms with van der Waals surface area (Å²) in [6.45, 7) is 6.70. The van der Waals surface area contributed by atoms with Crippen LogP contribution in [0, 0.1) is 12.8 Å². The summed E-state index contributed by atoms with van der Waals surface area (Å²) in [6.07, 6.45) is 5.86. The van der Waals surface area contributed by atoms with Gasteiger partial charge in [0, 0.05) is 19.3 Å². The van der Waals surface area contributed by atoms with E-state index in [9.17, 15) is 0 Å². The lowest BCUT2D eigenvalue weighted by Crippen LogP contribution is -2.25. The average Bonchev–Trinajstić information content (AvgIpc) is 2.43. The Labute approximate surface area is 106 Å². The second-order valence-corrected chi connectivity index (χ2v) is 5.70. The van der Waals surface area contributed by atoms with E-state index in [-0.39, 0.29) is 0 Å². The third kappa shape index (κ3) is 2.76. The van der Waals surface area contributed by atoms with Gasteiger partial charge in [0.2, 0.25) is 0 Å². The Balaban J connectivity index is 2.16. The highest BCUT2D eigenvalue weighted by molar-refractivity contribution is 9.10. The van der Waals surface area contributed by atoms with Crippen LogP contribution in [0.2, 0.25) is 0 Å². The largest absolute Gasteiger partial charge is 0.356 e. The van der Waals surface area contributed by atoms with E-state index in [0.717, 1.165) is 29.3 Å². The Morgan fingerprint density at radius 2 is 2.19 bits per heavy atom. The maximum Gasteiger partial charge on any atom is 0.142 e. The van der Waals surface area contributed by atoms with Crippen LogP contribution in [0.25, 0.3) is 0 Å². The molecule has 1 aliphatic heterocycles. The molecule has 0 aromatic carbocycles. The maximum absolute atomic E-state index is 4.55. The highest BCUT2D eigenvalue weighted by Crippen LogP contribution is 2.27. The summed E-state index contributed by atoms with van der Waals surface area (Å²) in [4.78, 5) is 6.96. The zero-order chi connectivity index (χ0) is 11.5. The van der Waals surface area contributed by atoms with Gasteiger partial charge in [0.25, 0.3) is 0 Å². The molecule has 0 radical (unpaired) electrons. The van der Waals surface area contributed by atoms with Crippen LogP contribution in [-0.2, 0) is 0 Å². The van der Waals surface area contributed by atoms with Crippen molar-refractivity contribution in [2.45, 2.75) is 33.1 Å². The zero-order valence-corrected chi connectivity index (χ0v) is 11.6. The molecule has 2 rings (SSSR count). The molecule has 0 bridgehead atoms. The van der Waals surface area contributed by atoms with E-state index < -0.39 is 0 Å². The van der Waals surface area contributed by atoms with Crippen molar-refractivity contribution in [3.05, 3.63) is 22.3 Å². The van der Waals surface area contributed by atoms with Crippen molar-refractivity contribution in [2.24, 2.45) is 5.92 Å². The minimum Gasteiger partial charge on any atom is -0.356 e. The number of aromatic nitrogens is 1. The van der Waals surface area contributed by atoms with Crippen molar-refractivity contribution in [2.75, 3.05) is 18.0 Å². The first kappa shape index (κ1) is 11.9. The van der Waals surface area contributed by atoms with Gasteiger partial charge >= 0.3 is 0 Å². The summed E-state index contributed by atoms with van der Waals surface area (Å²) in [5.74, 6) is 1.97. The van der Waals surface area contributed by atoms with E-state index in [0.29, 0.717) is 0 Å². The van der Waals surface area contributed by atoms with Crippen LogP contribution in [0.4, 0.5) is 5.82 Å².